The lowest BCUT2D eigenvalue weighted by Gasteiger charge is -2.36. The summed E-state index contributed by atoms with van der Waals surface area (Å²) in [5.41, 5.74) is -1.53. The second kappa shape index (κ2) is 10.3. The Morgan fingerprint density at radius 2 is 1.84 bits per heavy atom. The fourth-order valence-corrected chi connectivity index (χ4v) is 5.43. The normalized spacial score (nSPS) is 22.9. The highest BCUT2D eigenvalue weighted by molar-refractivity contribution is 5.71. The highest BCUT2D eigenvalue weighted by Gasteiger charge is 2.45. The number of aromatic nitrogens is 3. The Hall–Kier alpha value is -4.08. The first-order valence-electron chi connectivity index (χ1n) is 13.2. The van der Waals surface area contributed by atoms with E-state index in [1.54, 1.807) is 0 Å². The Morgan fingerprint density at radius 3 is 2.51 bits per heavy atom. The van der Waals surface area contributed by atoms with E-state index in [0.717, 1.165) is 22.9 Å². The molecule has 1 N–H and O–H groups in total. The number of carboxylic acid groups (broad SMARTS) is 1. The number of hydrogen-bond donors (Lipinski definition) is 1. The van der Waals surface area contributed by atoms with Crippen molar-refractivity contribution in [3.63, 3.8) is 0 Å². The monoisotopic (exact) mass is 617 g/mol. The van der Waals surface area contributed by atoms with Crippen molar-refractivity contribution >= 4 is 5.97 Å². The van der Waals surface area contributed by atoms with Gasteiger partial charge in [0, 0.05) is 17.2 Å². The average Bonchev–Trinajstić information content (AvgIpc) is 3.43. The second-order valence-corrected chi connectivity index (χ2v) is 10.5. The van der Waals surface area contributed by atoms with Crippen LogP contribution in [-0.4, -0.2) is 38.2 Å². The zero-order chi connectivity index (χ0) is 30.8. The molecule has 3 heterocycles. The van der Waals surface area contributed by atoms with Crippen molar-refractivity contribution in [2.75, 3.05) is 0 Å². The third-order valence-electron chi connectivity index (χ3n) is 7.55. The Labute approximate surface area is 238 Å². The smallest absolute Gasteiger partial charge is 0.481 e. The first-order valence-corrected chi connectivity index (χ1v) is 13.2. The number of pyridine rings is 1. The zero-order valence-corrected chi connectivity index (χ0v) is 22.1. The molecule has 3 aliphatic rings. The molecule has 0 unspecified atom stereocenters. The minimum absolute atomic E-state index is 0.0382. The van der Waals surface area contributed by atoms with E-state index in [2.05, 4.69) is 19.6 Å². The molecule has 1 aromatic carbocycles. The zero-order valence-electron chi connectivity index (χ0n) is 22.1. The van der Waals surface area contributed by atoms with Gasteiger partial charge in [0.05, 0.1) is 17.7 Å². The molecule has 2 aromatic heterocycles. The van der Waals surface area contributed by atoms with Gasteiger partial charge >= 0.3 is 18.4 Å². The molecule has 0 saturated heterocycles. The van der Waals surface area contributed by atoms with Crippen LogP contribution >= 0.6 is 0 Å². The van der Waals surface area contributed by atoms with E-state index in [1.165, 1.54) is 6.92 Å². The van der Waals surface area contributed by atoms with Crippen LogP contribution in [0.1, 0.15) is 67.3 Å². The molecule has 9 nitrogen and oxygen atoms in total. The first kappa shape index (κ1) is 29.0. The van der Waals surface area contributed by atoms with E-state index >= 15 is 0 Å². The number of rotatable bonds is 7. The van der Waals surface area contributed by atoms with Crippen LogP contribution in [0.25, 0.3) is 5.82 Å². The number of fused-ring (bicyclic) bond motifs is 2. The highest BCUT2D eigenvalue weighted by Crippen LogP contribution is 2.45. The van der Waals surface area contributed by atoms with Crippen molar-refractivity contribution in [3.05, 3.63) is 58.4 Å². The molecular formula is C27H22F7N3O6. The Kier molecular flexibility index (Phi) is 6.93. The average molecular weight is 617 g/mol. The molecule has 0 radical (unpaired) electrons. The molecule has 1 aliphatic heterocycles. The quantitative estimate of drug-likeness (QED) is 0.309. The van der Waals surface area contributed by atoms with Gasteiger partial charge in [-0.15, -0.1) is 8.78 Å². The maximum Gasteiger partial charge on any atom is 0.586 e. The van der Waals surface area contributed by atoms with E-state index < -0.39 is 77.4 Å². The third kappa shape index (κ3) is 5.43. The van der Waals surface area contributed by atoms with Crippen LogP contribution in [0, 0.1) is 17.6 Å². The molecule has 0 amide bonds. The Bertz CT molecular complexity index is 1590. The largest absolute Gasteiger partial charge is 0.586 e. The van der Waals surface area contributed by atoms with Crippen LogP contribution < -0.4 is 14.2 Å². The van der Waals surface area contributed by atoms with Crippen molar-refractivity contribution in [1.29, 1.82) is 0 Å². The second-order valence-electron chi connectivity index (χ2n) is 10.5. The van der Waals surface area contributed by atoms with E-state index in [4.69, 9.17) is 14.6 Å². The fraction of sp³-hybridized carbons (Fsp3) is 0.444. The molecule has 2 aliphatic carbocycles. The maximum atomic E-state index is 14.8. The van der Waals surface area contributed by atoms with Gasteiger partial charge in [-0.2, -0.15) is 23.3 Å². The van der Waals surface area contributed by atoms with Crippen molar-refractivity contribution < 1.29 is 59.6 Å². The SMILES string of the molecule is C[C@H](Oc1nc(-n2nc(C(F)(F)F)c3c2[C@H](O[C@H]2C[C@H](C(=O)O)C2)CCC3)ccc1F)c1cc2c(cc1F)OC(F)(F)O2. The summed E-state index contributed by atoms with van der Waals surface area (Å²) in [5.74, 6) is -5.65. The minimum Gasteiger partial charge on any atom is -0.481 e. The van der Waals surface area contributed by atoms with Crippen LogP contribution in [0.3, 0.4) is 0 Å². The van der Waals surface area contributed by atoms with E-state index in [1.807, 2.05) is 0 Å². The van der Waals surface area contributed by atoms with Gasteiger partial charge in [0.25, 0.3) is 5.88 Å². The van der Waals surface area contributed by atoms with Gasteiger partial charge in [0.2, 0.25) is 0 Å². The van der Waals surface area contributed by atoms with Crippen molar-refractivity contribution in [2.24, 2.45) is 5.92 Å². The van der Waals surface area contributed by atoms with Crippen LogP contribution in [0.5, 0.6) is 17.4 Å². The summed E-state index contributed by atoms with van der Waals surface area (Å²) in [7, 11) is 0. The third-order valence-corrected chi connectivity index (χ3v) is 7.55. The molecule has 6 rings (SSSR count). The van der Waals surface area contributed by atoms with Crippen LogP contribution in [-0.2, 0) is 22.1 Å². The highest BCUT2D eigenvalue weighted by atomic mass is 19.4. The van der Waals surface area contributed by atoms with Gasteiger partial charge in [-0.1, -0.05) is 0 Å². The first-order chi connectivity index (χ1) is 20.2. The molecule has 1 fully saturated rings. The van der Waals surface area contributed by atoms with Crippen molar-refractivity contribution in [1.82, 2.24) is 14.8 Å². The molecule has 2 atom stereocenters. The van der Waals surface area contributed by atoms with Crippen LogP contribution in [0.15, 0.2) is 24.3 Å². The number of nitrogens with zero attached hydrogens (tertiary/aromatic N) is 3. The van der Waals surface area contributed by atoms with Gasteiger partial charge in [-0.25, -0.2) is 13.5 Å². The van der Waals surface area contributed by atoms with Gasteiger partial charge in [0.15, 0.2) is 28.8 Å². The molecule has 43 heavy (non-hydrogen) atoms. The standard InChI is InChI=1S/C27H22F7N3O6/c1-11(15-9-19-20(10-17(15)29)43-27(33,34)42-19)40-24-16(28)5-6-21(35-24)37-22-14(23(36-37)26(30,31)32)3-2-4-18(22)41-13-7-12(8-13)25(38)39/h5-6,9-13,18H,2-4,7-8H2,1H3,(H,38,39)/t11-,12-,13-,18+/m0/s1. The lowest BCUT2D eigenvalue weighted by atomic mass is 9.82. The molecule has 0 spiro atoms. The molecule has 16 heteroatoms. The van der Waals surface area contributed by atoms with Gasteiger partial charge < -0.3 is 24.1 Å². The van der Waals surface area contributed by atoms with Crippen LogP contribution in [0.4, 0.5) is 30.7 Å². The molecular weight excluding hydrogens is 595 g/mol. The summed E-state index contributed by atoms with van der Waals surface area (Å²) in [6.45, 7) is 1.27. The number of ether oxygens (including phenoxy) is 4. The predicted octanol–water partition coefficient (Wildman–Crippen LogP) is 6.28. The number of alkyl halides is 5. The topological polar surface area (TPSA) is 105 Å². The van der Waals surface area contributed by atoms with Gasteiger partial charge in [-0.05, 0) is 57.2 Å². The maximum absolute atomic E-state index is 14.8. The summed E-state index contributed by atoms with van der Waals surface area (Å²) in [6, 6.07) is 3.51. The van der Waals surface area contributed by atoms with Crippen molar-refractivity contribution in [2.45, 2.75) is 69.8 Å². The summed E-state index contributed by atoms with van der Waals surface area (Å²) in [6.07, 6.45) is -10.4. The number of carbonyl (C=O) groups is 1. The van der Waals surface area contributed by atoms with E-state index in [-0.39, 0.29) is 41.9 Å². The molecule has 3 aromatic rings. The van der Waals surface area contributed by atoms with E-state index in [9.17, 15) is 35.5 Å². The number of carboxylic acids is 1. The Balaban J connectivity index is 1.32. The lowest BCUT2D eigenvalue weighted by molar-refractivity contribution is -0.286. The Morgan fingerprint density at radius 1 is 1.14 bits per heavy atom. The summed E-state index contributed by atoms with van der Waals surface area (Å²) in [4.78, 5) is 15.2. The van der Waals surface area contributed by atoms with Gasteiger partial charge in [-0.3, -0.25) is 4.79 Å². The van der Waals surface area contributed by atoms with Crippen molar-refractivity contribution in [3.8, 4) is 23.2 Å². The predicted molar refractivity (Wildman–Crippen MR) is 129 cm³/mol. The molecule has 1 saturated carbocycles. The number of aliphatic carboxylic acids is 1. The summed E-state index contributed by atoms with van der Waals surface area (Å²) >= 11 is 0. The summed E-state index contributed by atoms with van der Waals surface area (Å²) < 4.78 is 119. The van der Waals surface area contributed by atoms with E-state index in [0.29, 0.717) is 18.9 Å². The number of hydrogen-bond acceptors (Lipinski definition) is 7. The fourth-order valence-electron chi connectivity index (χ4n) is 5.43. The van der Waals surface area contributed by atoms with Gasteiger partial charge in [0.1, 0.15) is 18.0 Å². The lowest BCUT2D eigenvalue weighted by Crippen LogP contribution is -2.37. The number of benzene rings is 1. The number of halogens is 7. The minimum atomic E-state index is -4.83. The molecule has 0 bridgehead atoms. The molecule has 230 valence electrons. The van der Waals surface area contributed by atoms with Crippen LogP contribution in [0.2, 0.25) is 0 Å². The summed E-state index contributed by atoms with van der Waals surface area (Å²) in [5, 5.41) is 12.9.